The Morgan fingerprint density at radius 3 is 2.33 bits per heavy atom. The molecule has 3 aromatic rings. The van der Waals surface area contributed by atoms with Crippen molar-refractivity contribution in [2.45, 2.75) is 30.0 Å². The molecule has 4 rings (SSSR count). The van der Waals surface area contributed by atoms with E-state index in [9.17, 15) is 8.42 Å². The highest BCUT2D eigenvalue weighted by atomic mass is 35.5. The summed E-state index contributed by atoms with van der Waals surface area (Å²) in [7, 11) is -2.28. The number of nitrogens with zero attached hydrogens (tertiary/aromatic N) is 3. The third-order valence-corrected chi connectivity index (χ3v) is 8.03. The lowest BCUT2D eigenvalue weighted by Crippen LogP contribution is -2.41. The van der Waals surface area contributed by atoms with Gasteiger partial charge in [-0.25, -0.2) is 18.1 Å². The number of aliphatic imine (C=N–C) groups is 1. The Balaban J connectivity index is 1.92. The fraction of sp³-hybridized carbons (Fsp3) is 0.238. The molecule has 0 amide bonds. The molecular weight excluding hydrogens is 445 g/mol. The van der Waals surface area contributed by atoms with Crippen LogP contribution in [-0.2, 0) is 9.84 Å². The summed E-state index contributed by atoms with van der Waals surface area (Å²) in [5, 5.41) is 4.31. The molecule has 0 aliphatic carbocycles. The molecule has 2 aromatic carbocycles. The van der Waals surface area contributed by atoms with E-state index >= 15 is 0 Å². The van der Waals surface area contributed by atoms with Crippen molar-refractivity contribution in [1.29, 1.82) is 0 Å². The molecule has 2 atom stereocenters. The van der Waals surface area contributed by atoms with Crippen LogP contribution in [0.5, 0.6) is 5.75 Å². The van der Waals surface area contributed by atoms with E-state index in [-0.39, 0.29) is 4.90 Å². The van der Waals surface area contributed by atoms with Crippen LogP contribution in [0, 0.1) is 6.92 Å². The normalized spacial score (nSPS) is 18.6. The maximum atomic E-state index is 13.7. The van der Waals surface area contributed by atoms with E-state index in [4.69, 9.17) is 27.9 Å². The van der Waals surface area contributed by atoms with Crippen molar-refractivity contribution in [2.75, 3.05) is 7.11 Å². The Morgan fingerprint density at radius 2 is 1.70 bits per heavy atom. The summed E-state index contributed by atoms with van der Waals surface area (Å²) in [6.07, 6.45) is 0. The summed E-state index contributed by atoms with van der Waals surface area (Å²) in [6.45, 7) is 3.57. The second kappa shape index (κ2) is 7.72. The Labute approximate surface area is 185 Å². The monoisotopic (exact) mass is 463 g/mol. The molecule has 0 N–H and O–H groups in total. The zero-order valence-corrected chi connectivity index (χ0v) is 18.8. The molecule has 2 heterocycles. The molecule has 1 aliphatic heterocycles. The Morgan fingerprint density at radius 1 is 1.00 bits per heavy atom. The van der Waals surface area contributed by atoms with Crippen LogP contribution < -0.4 is 4.74 Å². The number of sulfone groups is 1. The lowest BCUT2D eigenvalue weighted by atomic mass is 9.99. The number of halogens is 2. The van der Waals surface area contributed by atoms with Crippen LogP contribution in [0.3, 0.4) is 0 Å². The Hall–Kier alpha value is -2.35. The predicted octanol–water partition coefficient (Wildman–Crippen LogP) is 5.04. The van der Waals surface area contributed by atoms with Gasteiger partial charge in [0.25, 0.3) is 0 Å². The predicted molar refractivity (Wildman–Crippen MR) is 118 cm³/mol. The van der Waals surface area contributed by atoms with Crippen molar-refractivity contribution >= 4 is 44.6 Å². The van der Waals surface area contributed by atoms with Gasteiger partial charge in [0.15, 0.2) is 15.7 Å². The molecule has 30 heavy (non-hydrogen) atoms. The number of fused-ring (bicyclic) bond motifs is 1. The molecule has 0 spiro atoms. The van der Waals surface area contributed by atoms with Crippen molar-refractivity contribution in [2.24, 2.45) is 4.99 Å². The van der Waals surface area contributed by atoms with Gasteiger partial charge in [-0.2, -0.15) is 5.10 Å². The average Bonchev–Trinajstić information content (AvgIpc) is 3.08. The number of methoxy groups -OCH3 is 1. The number of rotatable bonds is 4. The maximum Gasteiger partial charge on any atom is 0.189 e. The van der Waals surface area contributed by atoms with Gasteiger partial charge in [0.2, 0.25) is 0 Å². The van der Waals surface area contributed by atoms with Crippen LogP contribution in [0.25, 0.3) is 0 Å². The standard InChI is InChI=1S/C21H19Cl2N3O3S/c1-12-10-19-24-13(2)21(30(27,28)16-7-5-15(29-3)6-8-16)20(26(19)25-12)14-4-9-17(22)18(23)11-14/h4-11,20-21H,1-3H3. The minimum atomic E-state index is -3.81. The Kier molecular flexibility index (Phi) is 5.38. The second-order valence-corrected chi connectivity index (χ2v) is 9.98. The maximum absolute atomic E-state index is 13.7. The number of aryl methyl sites for hydroxylation is 1. The van der Waals surface area contributed by atoms with E-state index in [2.05, 4.69) is 10.1 Å². The summed E-state index contributed by atoms with van der Waals surface area (Å²) in [4.78, 5) is 4.72. The molecular formula is C21H19Cl2N3O3S. The van der Waals surface area contributed by atoms with Gasteiger partial charge in [0.1, 0.15) is 17.0 Å². The van der Waals surface area contributed by atoms with Crippen LogP contribution in [0.4, 0.5) is 5.82 Å². The quantitative estimate of drug-likeness (QED) is 0.542. The van der Waals surface area contributed by atoms with Gasteiger partial charge in [-0.05, 0) is 55.8 Å². The summed E-state index contributed by atoms with van der Waals surface area (Å²) < 4.78 is 34.3. The molecule has 2 unspecified atom stereocenters. The molecule has 0 fully saturated rings. The first-order valence-corrected chi connectivity index (χ1v) is 11.5. The molecule has 156 valence electrons. The second-order valence-electron chi connectivity index (χ2n) is 7.10. The molecule has 6 nitrogen and oxygen atoms in total. The van der Waals surface area contributed by atoms with Crippen LogP contribution >= 0.6 is 23.2 Å². The first kappa shape index (κ1) is 20.9. The topological polar surface area (TPSA) is 73.6 Å². The Bertz CT molecular complexity index is 1250. The van der Waals surface area contributed by atoms with E-state index in [0.29, 0.717) is 32.9 Å². The molecule has 0 radical (unpaired) electrons. The van der Waals surface area contributed by atoms with Crippen LogP contribution in [0.15, 0.2) is 58.4 Å². The van der Waals surface area contributed by atoms with Crippen LogP contribution in [0.1, 0.15) is 24.2 Å². The molecule has 0 bridgehead atoms. The van der Waals surface area contributed by atoms with E-state index < -0.39 is 21.1 Å². The highest BCUT2D eigenvalue weighted by Crippen LogP contribution is 2.40. The molecule has 0 saturated carbocycles. The van der Waals surface area contributed by atoms with Gasteiger partial charge in [-0.15, -0.1) is 0 Å². The summed E-state index contributed by atoms with van der Waals surface area (Å²) in [5.41, 5.74) is 1.91. The summed E-state index contributed by atoms with van der Waals surface area (Å²) in [5.74, 6) is 1.18. The lowest BCUT2D eigenvalue weighted by Gasteiger charge is -2.32. The summed E-state index contributed by atoms with van der Waals surface area (Å²) in [6, 6.07) is 12.6. The number of ether oxygens (including phenoxy) is 1. The SMILES string of the molecule is COc1ccc(S(=O)(=O)C2C(C)=Nc3cc(C)nn3C2c2ccc(Cl)c(Cl)c2)cc1. The molecule has 1 aromatic heterocycles. The first-order valence-electron chi connectivity index (χ1n) is 9.16. The molecule has 9 heteroatoms. The largest absolute Gasteiger partial charge is 0.497 e. The van der Waals surface area contributed by atoms with Crippen molar-refractivity contribution in [1.82, 2.24) is 9.78 Å². The third kappa shape index (κ3) is 3.51. The van der Waals surface area contributed by atoms with Gasteiger partial charge >= 0.3 is 0 Å². The minimum absolute atomic E-state index is 0.181. The fourth-order valence-electron chi connectivity index (χ4n) is 3.71. The van der Waals surface area contributed by atoms with Crippen molar-refractivity contribution in [3.8, 4) is 5.75 Å². The highest BCUT2D eigenvalue weighted by molar-refractivity contribution is 7.92. The fourth-order valence-corrected chi connectivity index (χ4v) is 5.94. The lowest BCUT2D eigenvalue weighted by molar-refractivity contribution is 0.414. The van der Waals surface area contributed by atoms with E-state index in [1.165, 1.54) is 19.2 Å². The molecule has 0 saturated heterocycles. The number of hydrogen-bond acceptors (Lipinski definition) is 5. The zero-order valence-electron chi connectivity index (χ0n) is 16.5. The van der Waals surface area contributed by atoms with Gasteiger partial charge in [0, 0.05) is 11.8 Å². The van der Waals surface area contributed by atoms with E-state index in [1.54, 1.807) is 41.9 Å². The van der Waals surface area contributed by atoms with Gasteiger partial charge < -0.3 is 4.74 Å². The van der Waals surface area contributed by atoms with Crippen LogP contribution in [-0.4, -0.2) is 36.3 Å². The van der Waals surface area contributed by atoms with E-state index in [1.807, 2.05) is 13.0 Å². The third-order valence-electron chi connectivity index (χ3n) is 5.10. The highest BCUT2D eigenvalue weighted by Gasteiger charge is 2.43. The first-order chi connectivity index (χ1) is 14.2. The number of aromatic nitrogens is 2. The number of benzene rings is 2. The minimum Gasteiger partial charge on any atom is -0.497 e. The number of hydrogen-bond donors (Lipinski definition) is 0. The van der Waals surface area contributed by atoms with Crippen molar-refractivity contribution in [3.63, 3.8) is 0 Å². The van der Waals surface area contributed by atoms with Gasteiger partial charge in [0.05, 0.1) is 27.7 Å². The van der Waals surface area contributed by atoms with Crippen LogP contribution in [0.2, 0.25) is 10.0 Å². The van der Waals surface area contributed by atoms with Gasteiger partial charge in [-0.1, -0.05) is 29.3 Å². The van der Waals surface area contributed by atoms with Crippen molar-refractivity contribution in [3.05, 3.63) is 69.8 Å². The molecule has 1 aliphatic rings. The van der Waals surface area contributed by atoms with E-state index in [0.717, 1.165) is 5.69 Å². The van der Waals surface area contributed by atoms with Crippen molar-refractivity contribution < 1.29 is 13.2 Å². The zero-order chi connectivity index (χ0) is 21.6. The smallest absolute Gasteiger partial charge is 0.189 e. The average molecular weight is 464 g/mol. The van der Waals surface area contributed by atoms with Gasteiger partial charge in [-0.3, -0.25) is 0 Å². The summed E-state index contributed by atoms with van der Waals surface area (Å²) >= 11 is 12.4.